The SMILES string of the molecule is CCC(NC1CCOC2(CCOCC2)C1)C(C)C. The number of ether oxygens (including phenoxy) is 2. The van der Waals surface area contributed by atoms with Gasteiger partial charge in [0.15, 0.2) is 0 Å². The lowest BCUT2D eigenvalue weighted by Gasteiger charge is -2.44. The molecule has 0 aromatic carbocycles. The second-order valence-corrected chi connectivity index (χ2v) is 6.26. The summed E-state index contributed by atoms with van der Waals surface area (Å²) >= 11 is 0. The van der Waals surface area contributed by atoms with Gasteiger partial charge in [0.05, 0.1) is 5.60 Å². The van der Waals surface area contributed by atoms with Gasteiger partial charge in [-0.05, 0) is 38.0 Å². The summed E-state index contributed by atoms with van der Waals surface area (Å²) in [6.45, 7) is 9.55. The van der Waals surface area contributed by atoms with Crippen molar-refractivity contribution in [3.63, 3.8) is 0 Å². The molecule has 2 fully saturated rings. The fraction of sp³-hybridized carbons (Fsp3) is 1.00. The maximum atomic E-state index is 6.09. The topological polar surface area (TPSA) is 30.5 Å². The summed E-state index contributed by atoms with van der Waals surface area (Å²) < 4.78 is 11.6. The van der Waals surface area contributed by atoms with Crippen molar-refractivity contribution in [2.45, 2.75) is 70.6 Å². The summed E-state index contributed by atoms with van der Waals surface area (Å²) in [4.78, 5) is 0. The van der Waals surface area contributed by atoms with Crippen LogP contribution in [0.3, 0.4) is 0 Å². The Morgan fingerprint density at radius 3 is 2.56 bits per heavy atom. The van der Waals surface area contributed by atoms with E-state index in [0.29, 0.717) is 18.0 Å². The van der Waals surface area contributed by atoms with E-state index < -0.39 is 0 Å². The van der Waals surface area contributed by atoms with Crippen molar-refractivity contribution in [3.8, 4) is 0 Å². The molecule has 2 aliphatic rings. The number of nitrogens with one attached hydrogen (secondary N) is 1. The van der Waals surface area contributed by atoms with Crippen molar-refractivity contribution < 1.29 is 9.47 Å². The Kier molecular flexibility index (Phi) is 5.05. The first-order chi connectivity index (χ1) is 8.65. The molecule has 0 aliphatic carbocycles. The molecule has 1 spiro atoms. The zero-order valence-corrected chi connectivity index (χ0v) is 12.2. The minimum absolute atomic E-state index is 0.115. The minimum Gasteiger partial charge on any atom is -0.381 e. The number of hydrogen-bond acceptors (Lipinski definition) is 3. The molecule has 0 bridgehead atoms. The third-order valence-corrected chi connectivity index (χ3v) is 4.59. The average molecular weight is 255 g/mol. The summed E-state index contributed by atoms with van der Waals surface area (Å²) in [6, 6.07) is 1.27. The molecule has 2 heterocycles. The van der Waals surface area contributed by atoms with Crippen LogP contribution in [0.2, 0.25) is 0 Å². The molecule has 0 aromatic rings. The van der Waals surface area contributed by atoms with E-state index in [0.717, 1.165) is 39.1 Å². The first-order valence-electron chi connectivity index (χ1n) is 7.63. The largest absolute Gasteiger partial charge is 0.381 e. The average Bonchev–Trinajstić information content (AvgIpc) is 2.36. The van der Waals surface area contributed by atoms with Crippen LogP contribution in [0.4, 0.5) is 0 Å². The fourth-order valence-electron chi connectivity index (χ4n) is 3.35. The van der Waals surface area contributed by atoms with Crippen LogP contribution in [0.5, 0.6) is 0 Å². The van der Waals surface area contributed by atoms with E-state index in [-0.39, 0.29) is 5.60 Å². The molecule has 1 N–H and O–H groups in total. The minimum atomic E-state index is 0.115. The van der Waals surface area contributed by atoms with Gasteiger partial charge in [0, 0.05) is 31.9 Å². The van der Waals surface area contributed by atoms with E-state index in [9.17, 15) is 0 Å². The van der Waals surface area contributed by atoms with Gasteiger partial charge < -0.3 is 14.8 Å². The van der Waals surface area contributed by atoms with Crippen molar-refractivity contribution in [1.29, 1.82) is 0 Å². The third kappa shape index (κ3) is 3.46. The molecule has 0 aromatic heterocycles. The number of hydrogen-bond donors (Lipinski definition) is 1. The molecule has 2 aliphatic heterocycles. The second-order valence-electron chi connectivity index (χ2n) is 6.26. The monoisotopic (exact) mass is 255 g/mol. The maximum Gasteiger partial charge on any atom is 0.0741 e. The van der Waals surface area contributed by atoms with Crippen LogP contribution in [0.25, 0.3) is 0 Å². The lowest BCUT2D eigenvalue weighted by molar-refractivity contribution is -0.141. The van der Waals surface area contributed by atoms with Crippen LogP contribution in [0.1, 0.15) is 52.9 Å². The van der Waals surface area contributed by atoms with E-state index in [2.05, 4.69) is 26.1 Å². The van der Waals surface area contributed by atoms with Gasteiger partial charge in [-0.25, -0.2) is 0 Å². The summed E-state index contributed by atoms with van der Waals surface area (Å²) in [5, 5.41) is 3.86. The summed E-state index contributed by atoms with van der Waals surface area (Å²) in [7, 11) is 0. The lowest BCUT2D eigenvalue weighted by Crippen LogP contribution is -2.52. The van der Waals surface area contributed by atoms with Gasteiger partial charge in [0.25, 0.3) is 0 Å². The zero-order valence-electron chi connectivity index (χ0n) is 12.2. The van der Waals surface area contributed by atoms with E-state index in [1.165, 1.54) is 12.8 Å². The van der Waals surface area contributed by atoms with Crippen LogP contribution in [0, 0.1) is 5.92 Å². The molecule has 2 unspecified atom stereocenters. The molecule has 106 valence electrons. The highest BCUT2D eigenvalue weighted by molar-refractivity contribution is 4.92. The highest BCUT2D eigenvalue weighted by Crippen LogP contribution is 2.34. The highest BCUT2D eigenvalue weighted by Gasteiger charge is 2.39. The van der Waals surface area contributed by atoms with E-state index >= 15 is 0 Å². The molecular weight excluding hydrogens is 226 g/mol. The van der Waals surface area contributed by atoms with Gasteiger partial charge >= 0.3 is 0 Å². The molecule has 2 rings (SSSR count). The summed E-state index contributed by atoms with van der Waals surface area (Å²) in [6.07, 6.45) is 5.68. The normalized spacial score (nSPS) is 29.7. The van der Waals surface area contributed by atoms with Crippen molar-refractivity contribution >= 4 is 0 Å². The Morgan fingerprint density at radius 2 is 1.94 bits per heavy atom. The first-order valence-corrected chi connectivity index (χ1v) is 7.63. The zero-order chi connectivity index (χ0) is 13.0. The Balaban J connectivity index is 1.89. The molecule has 3 heteroatoms. The van der Waals surface area contributed by atoms with Gasteiger partial charge in [-0.15, -0.1) is 0 Å². The molecule has 0 radical (unpaired) electrons. The summed E-state index contributed by atoms with van der Waals surface area (Å²) in [5.74, 6) is 0.712. The summed E-state index contributed by atoms with van der Waals surface area (Å²) in [5.41, 5.74) is 0.115. The van der Waals surface area contributed by atoms with Crippen LogP contribution in [-0.4, -0.2) is 37.5 Å². The molecule has 18 heavy (non-hydrogen) atoms. The van der Waals surface area contributed by atoms with E-state index in [1.54, 1.807) is 0 Å². The second kappa shape index (κ2) is 6.36. The predicted octanol–water partition coefficient (Wildman–Crippen LogP) is 2.74. The Morgan fingerprint density at radius 1 is 1.22 bits per heavy atom. The van der Waals surface area contributed by atoms with Gasteiger partial charge in [0.2, 0.25) is 0 Å². The standard InChI is InChI=1S/C15H29NO2/c1-4-14(12(2)3)16-13-5-8-18-15(11-13)6-9-17-10-7-15/h12-14,16H,4-11H2,1-3H3. The van der Waals surface area contributed by atoms with E-state index in [4.69, 9.17) is 9.47 Å². The van der Waals surface area contributed by atoms with Crippen molar-refractivity contribution in [2.75, 3.05) is 19.8 Å². The highest BCUT2D eigenvalue weighted by atomic mass is 16.5. The van der Waals surface area contributed by atoms with Crippen LogP contribution in [-0.2, 0) is 9.47 Å². The predicted molar refractivity (Wildman–Crippen MR) is 73.8 cm³/mol. The third-order valence-electron chi connectivity index (χ3n) is 4.59. The lowest BCUT2D eigenvalue weighted by atomic mass is 9.83. The molecule has 2 atom stereocenters. The quantitative estimate of drug-likeness (QED) is 0.838. The fourth-order valence-corrected chi connectivity index (χ4v) is 3.35. The van der Waals surface area contributed by atoms with Crippen molar-refractivity contribution in [1.82, 2.24) is 5.32 Å². The van der Waals surface area contributed by atoms with Crippen LogP contribution < -0.4 is 5.32 Å². The number of rotatable bonds is 4. The first kappa shape index (κ1) is 14.3. The Bertz CT molecular complexity index is 243. The molecule has 0 amide bonds. The van der Waals surface area contributed by atoms with Gasteiger partial charge in [-0.3, -0.25) is 0 Å². The van der Waals surface area contributed by atoms with Gasteiger partial charge in [-0.2, -0.15) is 0 Å². The molecule has 3 nitrogen and oxygen atoms in total. The van der Waals surface area contributed by atoms with E-state index in [1.807, 2.05) is 0 Å². The van der Waals surface area contributed by atoms with Crippen molar-refractivity contribution in [3.05, 3.63) is 0 Å². The van der Waals surface area contributed by atoms with Gasteiger partial charge in [0.1, 0.15) is 0 Å². The maximum absolute atomic E-state index is 6.09. The molecule has 0 saturated carbocycles. The van der Waals surface area contributed by atoms with Crippen molar-refractivity contribution in [2.24, 2.45) is 5.92 Å². The molecular formula is C15H29NO2. The smallest absolute Gasteiger partial charge is 0.0741 e. The molecule has 2 saturated heterocycles. The van der Waals surface area contributed by atoms with Gasteiger partial charge in [-0.1, -0.05) is 20.8 Å². The van der Waals surface area contributed by atoms with Crippen LogP contribution >= 0.6 is 0 Å². The Labute approximate surface area is 112 Å². The van der Waals surface area contributed by atoms with Crippen LogP contribution in [0.15, 0.2) is 0 Å². The Hall–Kier alpha value is -0.120.